The van der Waals surface area contributed by atoms with Crippen molar-refractivity contribution in [3.63, 3.8) is 0 Å². The number of nitrogens with zero attached hydrogens (tertiary/aromatic N) is 4. The van der Waals surface area contributed by atoms with Gasteiger partial charge in [0, 0.05) is 6.04 Å². The van der Waals surface area contributed by atoms with Crippen molar-refractivity contribution >= 4 is 17.7 Å². The van der Waals surface area contributed by atoms with E-state index in [9.17, 15) is 4.79 Å². The number of tetrazole rings is 1. The first-order valence-electron chi connectivity index (χ1n) is 7.67. The van der Waals surface area contributed by atoms with E-state index in [1.54, 1.807) is 4.68 Å². The first kappa shape index (κ1) is 17.5. The number of nitrogens with one attached hydrogen (secondary N) is 1. The van der Waals surface area contributed by atoms with Crippen molar-refractivity contribution in [1.82, 2.24) is 25.5 Å². The molecule has 23 heavy (non-hydrogen) atoms. The minimum Gasteiger partial charge on any atom is -0.353 e. The highest BCUT2D eigenvalue weighted by molar-refractivity contribution is 7.99. The van der Waals surface area contributed by atoms with Crippen LogP contribution >= 0.6 is 11.8 Å². The maximum Gasteiger partial charge on any atom is 0.230 e. The van der Waals surface area contributed by atoms with Crippen LogP contribution < -0.4 is 5.32 Å². The Balaban J connectivity index is 2.09. The van der Waals surface area contributed by atoms with Gasteiger partial charge in [-0.05, 0) is 48.2 Å². The van der Waals surface area contributed by atoms with Crippen LogP contribution in [0.25, 0.3) is 5.69 Å². The second kappa shape index (κ2) is 7.59. The Hall–Kier alpha value is -1.89. The van der Waals surface area contributed by atoms with Gasteiger partial charge in [-0.15, -0.1) is 5.10 Å². The van der Waals surface area contributed by atoms with Crippen molar-refractivity contribution in [2.75, 3.05) is 5.75 Å². The molecular formula is C16H23N5OS. The van der Waals surface area contributed by atoms with E-state index in [0.29, 0.717) is 16.8 Å². The summed E-state index contributed by atoms with van der Waals surface area (Å²) in [7, 11) is 0. The van der Waals surface area contributed by atoms with E-state index in [1.807, 2.05) is 39.0 Å². The van der Waals surface area contributed by atoms with E-state index in [4.69, 9.17) is 0 Å². The Labute approximate surface area is 141 Å². The lowest BCUT2D eigenvalue weighted by atomic mass is 10.1. The van der Waals surface area contributed by atoms with Crippen LogP contribution in [0, 0.1) is 19.8 Å². The molecule has 6 nitrogen and oxygen atoms in total. The molecule has 0 aliphatic rings. The molecule has 1 N–H and O–H groups in total. The van der Waals surface area contributed by atoms with Crippen LogP contribution in [0.2, 0.25) is 0 Å². The van der Waals surface area contributed by atoms with Gasteiger partial charge in [-0.2, -0.15) is 4.68 Å². The molecule has 0 spiro atoms. The number of para-hydroxylation sites is 1. The molecule has 124 valence electrons. The average Bonchev–Trinajstić information content (AvgIpc) is 2.93. The van der Waals surface area contributed by atoms with Gasteiger partial charge in [0.25, 0.3) is 0 Å². The second-order valence-corrected chi connectivity index (χ2v) is 6.95. The first-order chi connectivity index (χ1) is 10.9. The Morgan fingerprint density at radius 3 is 2.52 bits per heavy atom. The lowest BCUT2D eigenvalue weighted by Crippen LogP contribution is -2.37. The van der Waals surface area contributed by atoms with Crippen LogP contribution in [0.1, 0.15) is 31.9 Å². The third kappa shape index (κ3) is 4.31. The van der Waals surface area contributed by atoms with Gasteiger partial charge in [0.2, 0.25) is 11.1 Å². The summed E-state index contributed by atoms with van der Waals surface area (Å²) in [6, 6.07) is 6.20. The summed E-state index contributed by atoms with van der Waals surface area (Å²) in [4.78, 5) is 12.0. The fraction of sp³-hybridized carbons (Fsp3) is 0.500. The van der Waals surface area contributed by atoms with Crippen LogP contribution in [0.3, 0.4) is 0 Å². The second-order valence-electron chi connectivity index (χ2n) is 6.00. The van der Waals surface area contributed by atoms with E-state index in [0.717, 1.165) is 16.8 Å². The molecule has 0 saturated heterocycles. The lowest BCUT2D eigenvalue weighted by Gasteiger charge is -2.17. The van der Waals surface area contributed by atoms with Crippen molar-refractivity contribution in [2.45, 2.75) is 45.8 Å². The van der Waals surface area contributed by atoms with Crippen LogP contribution in [-0.2, 0) is 4.79 Å². The SMILES string of the molecule is Cc1cccc(C)c1-n1nnnc1SCC(=O)N[C@@H](C)C(C)C. The summed E-state index contributed by atoms with van der Waals surface area (Å²) < 4.78 is 1.70. The van der Waals surface area contributed by atoms with Crippen molar-refractivity contribution in [3.8, 4) is 5.69 Å². The monoisotopic (exact) mass is 333 g/mol. The number of hydrogen-bond donors (Lipinski definition) is 1. The smallest absolute Gasteiger partial charge is 0.230 e. The van der Waals surface area contributed by atoms with E-state index >= 15 is 0 Å². The molecule has 1 amide bonds. The van der Waals surface area contributed by atoms with E-state index in [2.05, 4.69) is 34.7 Å². The highest BCUT2D eigenvalue weighted by Gasteiger charge is 2.16. The summed E-state index contributed by atoms with van der Waals surface area (Å²) in [5, 5.41) is 15.5. The standard InChI is InChI=1S/C16H23N5OS/c1-10(2)13(5)17-14(22)9-23-16-18-19-20-21(16)15-11(3)7-6-8-12(15)4/h6-8,10,13H,9H2,1-5H3,(H,17,22)/t13-/m0/s1. The van der Waals surface area contributed by atoms with Crippen molar-refractivity contribution in [3.05, 3.63) is 29.3 Å². The fourth-order valence-electron chi connectivity index (χ4n) is 2.14. The summed E-state index contributed by atoms with van der Waals surface area (Å²) in [5.41, 5.74) is 3.16. The van der Waals surface area contributed by atoms with Crippen LogP contribution in [0.5, 0.6) is 0 Å². The Bertz CT molecular complexity index is 663. The molecule has 0 saturated carbocycles. The summed E-state index contributed by atoms with van der Waals surface area (Å²) >= 11 is 1.34. The number of aromatic nitrogens is 4. The van der Waals surface area contributed by atoms with Gasteiger partial charge in [-0.1, -0.05) is 43.8 Å². The van der Waals surface area contributed by atoms with Gasteiger partial charge in [-0.3, -0.25) is 4.79 Å². The number of rotatable bonds is 6. The van der Waals surface area contributed by atoms with Crippen LogP contribution in [-0.4, -0.2) is 37.9 Å². The third-order valence-corrected chi connectivity index (χ3v) is 4.73. The van der Waals surface area contributed by atoms with Gasteiger partial charge in [-0.25, -0.2) is 0 Å². The molecule has 1 aromatic carbocycles. The summed E-state index contributed by atoms with van der Waals surface area (Å²) in [5.74, 6) is 0.693. The molecule has 1 heterocycles. The van der Waals surface area contributed by atoms with E-state index < -0.39 is 0 Å². The van der Waals surface area contributed by atoms with Gasteiger partial charge in [0.15, 0.2) is 0 Å². The number of benzene rings is 1. The van der Waals surface area contributed by atoms with E-state index in [1.165, 1.54) is 11.8 Å². The molecular weight excluding hydrogens is 310 g/mol. The summed E-state index contributed by atoms with van der Waals surface area (Å²) in [6.07, 6.45) is 0. The molecule has 0 aliphatic heterocycles. The molecule has 2 aromatic rings. The number of carbonyl (C=O) groups is 1. The van der Waals surface area contributed by atoms with Crippen LogP contribution in [0.15, 0.2) is 23.4 Å². The maximum atomic E-state index is 12.0. The molecule has 0 aliphatic carbocycles. The predicted octanol–water partition coefficient (Wildman–Crippen LogP) is 2.53. The van der Waals surface area contributed by atoms with Crippen molar-refractivity contribution < 1.29 is 4.79 Å². The molecule has 0 bridgehead atoms. The zero-order chi connectivity index (χ0) is 17.0. The fourth-order valence-corrected chi connectivity index (χ4v) is 2.83. The molecule has 0 unspecified atom stereocenters. The Kier molecular flexibility index (Phi) is 5.76. The third-order valence-electron chi connectivity index (χ3n) is 3.81. The van der Waals surface area contributed by atoms with Gasteiger partial charge in [0.05, 0.1) is 11.4 Å². The molecule has 1 aromatic heterocycles. The van der Waals surface area contributed by atoms with Crippen LogP contribution in [0.4, 0.5) is 0 Å². The predicted molar refractivity (Wildman–Crippen MR) is 91.8 cm³/mol. The molecule has 1 atom stereocenters. The minimum atomic E-state index is -0.00717. The first-order valence-corrected chi connectivity index (χ1v) is 8.65. The highest BCUT2D eigenvalue weighted by atomic mass is 32.2. The van der Waals surface area contributed by atoms with Crippen molar-refractivity contribution in [2.24, 2.45) is 5.92 Å². The number of thioether (sulfide) groups is 1. The topological polar surface area (TPSA) is 72.7 Å². The number of carbonyl (C=O) groups excluding carboxylic acids is 1. The normalized spacial score (nSPS) is 12.4. The lowest BCUT2D eigenvalue weighted by molar-refractivity contribution is -0.119. The Morgan fingerprint density at radius 1 is 1.26 bits per heavy atom. The molecule has 0 radical (unpaired) electrons. The quantitative estimate of drug-likeness (QED) is 0.823. The number of aryl methyl sites for hydroxylation is 2. The largest absolute Gasteiger partial charge is 0.353 e. The van der Waals surface area contributed by atoms with E-state index in [-0.39, 0.29) is 11.9 Å². The zero-order valence-electron chi connectivity index (χ0n) is 14.2. The van der Waals surface area contributed by atoms with Crippen molar-refractivity contribution in [1.29, 1.82) is 0 Å². The average molecular weight is 333 g/mol. The van der Waals surface area contributed by atoms with Gasteiger partial charge < -0.3 is 5.32 Å². The zero-order valence-corrected chi connectivity index (χ0v) is 15.0. The maximum absolute atomic E-state index is 12.0. The van der Waals surface area contributed by atoms with Gasteiger partial charge in [0.1, 0.15) is 0 Å². The molecule has 2 rings (SSSR count). The minimum absolute atomic E-state index is 0.00717. The highest BCUT2D eigenvalue weighted by Crippen LogP contribution is 2.23. The summed E-state index contributed by atoms with van der Waals surface area (Å²) in [6.45, 7) is 10.2. The number of amides is 1. The molecule has 7 heteroatoms. The van der Waals surface area contributed by atoms with Gasteiger partial charge >= 0.3 is 0 Å². The molecule has 0 fully saturated rings. The number of hydrogen-bond acceptors (Lipinski definition) is 5. The Morgan fingerprint density at radius 2 is 1.91 bits per heavy atom.